The molecule has 0 N–H and O–H groups in total. The summed E-state index contributed by atoms with van der Waals surface area (Å²) in [4.78, 5) is 23.5. The van der Waals surface area contributed by atoms with Gasteiger partial charge in [0, 0.05) is 22.0 Å². The number of carbonyl (C=O) groups is 2. The monoisotopic (exact) mass is 353 g/mol. The van der Waals surface area contributed by atoms with Crippen molar-refractivity contribution in [1.29, 1.82) is 0 Å². The Kier molecular flexibility index (Phi) is 8.32. The fourth-order valence-electron chi connectivity index (χ4n) is 2.06. The third-order valence-electron chi connectivity index (χ3n) is 2.91. The summed E-state index contributed by atoms with van der Waals surface area (Å²) in [5.74, 6) is -0.804. The van der Waals surface area contributed by atoms with Crippen LogP contribution in [0, 0.1) is 13.8 Å². The van der Waals surface area contributed by atoms with E-state index >= 15 is 0 Å². The average molecular weight is 353 g/mol. The van der Waals surface area contributed by atoms with Crippen LogP contribution in [0.1, 0.15) is 31.4 Å². The highest BCUT2D eigenvalue weighted by molar-refractivity contribution is 8.02. The van der Waals surface area contributed by atoms with E-state index < -0.39 is 11.1 Å². The molecular formula is C17H23NO5S. The van der Waals surface area contributed by atoms with Gasteiger partial charge < -0.3 is 14.6 Å². The highest BCUT2D eigenvalue weighted by Crippen LogP contribution is 2.17. The Morgan fingerprint density at radius 3 is 2.25 bits per heavy atom. The number of rotatable bonds is 8. The number of thioether (sulfide) groups is 1. The van der Waals surface area contributed by atoms with Crippen LogP contribution in [0.3, 0.4) is 0 Å². The van der Waals surface area contributed by atoms with Crippen LogP contribution in [-0.2, 0) is 19.1 Å². The minimum atomic E-state index is -0.680. The lowest BCUT2D eigenvalue weighted by Crippen LogP contribution is -2.40. The molecule has 0 fully saturated rings. The van der Waals surface area contributed by atoms with Crippen LogP contribution in [0.15, 0.2) is 23.6 Å². The molecule has 0 aromatic carbocycles. The molecule has 6 nitrogen and oxygen atoms in total. The van der Waals surface area contributed by atoms with Gasteiger partial charge in [0.1, 0.15) is 0 Å². The van der Waals surface area contributed by atoms with Crippen molar-refractivity contribution in [2.45, 2.75) is 34.1 Å². The van der Waals surface area contributed by atoms with Gasteiger partial charge in [-0.25, -0.2) is 4.79 Å². The molecule has 0 aliphatic heterocycles. The largest absolute Gasteiger partial charge is 0.863 e. The molecule has 1 aromatic rings. The van der Waals surface area contributed by atoms with Gasteiger partial charge in [0.25, 0.3) is 5.70 Å². The zero-order valence-electron chi connectivity index (χ0n) is 14.5. The molecule has 7 heteroatoms. The van der Waals surface area contributed by atoms with E-state index in [1.807, 2.05) is 19.9 Å². The molecule has 0 spiro atoms. The molecule has 24 heavy (non-hydrogen) atoms. The Morgan fingerprint density at radius 2 is 1.71 bits per heavy atom. The molecule has 132 valence electrons. The lowest BCUT2D eigenvalue weighted by atomic mass is 10.2. The number of aryl methyl sites for hydroxylation is 2. The lowest BCUT2D eigenvalue weighted by Gasteiger charge is -2.13. The van der Waals surface area contributed by atoms with E-state index in [9.17, 15) is 14.7 Å². The first-order valence-corrected chi connectivity index (χ1v) is 8.74. The van der Waals surface area contributed by atoms with Gasteiger partial charge in [0.05, 0.1) is 19.6 Å². The van der Waals surface area contributed by atoms with Gasteiger partial charge in [-0.15, -0.1) is 11.8 Å². The Labute approximate surface area is 146 Å². The van der Waals surface area contributed by atoms with Crippen molar-refractivity contribution in [1.82, 2.24) is 0 Å². The number of esters is 2. The van der Waals surface area contributed by atoms with Crippen LogP contribution in [0.2, 0.25) is 0 Å². The molecule has 0 aliphatic carbocycles. The molecule has 0 radical (unpaired) electrons. The SMILES string of the molecule is CCOC(=O)CCS/C([O-])=C(/C(=O)OCC)[n+]1cc(C)cc(C)c1. The number of ether oxygens (including phenoxy) is 2. The first kappa shape index (κ1) is 20.0. The maximum absolute atomic E-state index is 12.5. The van der Waals surface area contributed by atoms with Crippen molar-refractivity contribution in [3.63, 3.8) is 0 Å². The Balaban J connectivity index is 3.03. The van der Waals surface area contributed by atoms with Crippen molar-refractivity contribution in [3.8, 4) is 0 Å². The van der Waals surface area contributed by atoms with Gasteiger partial charge in [-0.05, 0) is 33.8 Å². The summed E-state index contributed by atoms with van der Waals surface area (Å²) in [6, 6.07) is 1.94. The molecule has 0 bridgehead atoms. The molecule has 0 aliphatic rings. The number of carbonyl (C=O) groups excluding carboxylic acids is 2. The molecular weight excluding hydrogens is 330 g/mol. The zero-order chi connectivity index (χ0) is 18.1. The summed E-state index contributed by atoms with van der Waals surface area (Å²) in [5, 5.41) is 12.0. The van der Waals surface area contributed by atoms with Gasteiger partial charge in [-0.3, -0.25) is 4.79 Å². The van der Waals surface area contributed by atoms with Crippen LogP contribution in [0.4, 0.5) is 0 Å². The van der Waals surface area contributed by atoms with E-state index in [4.69, 9.17) is 9.47 Å². The topological polar surface area (TPSA) is 79.5 Å². The number of pyridine rings is 1. The number of nitrogens with zero attached hydrogens (tertiary/aromatic N) is 1. The minimum absolute atomic E-state index is 0.0718. The normalized spacial score (nSPS) is 11.7. The van der Waals surface area contributed by atoms with Gasteiger partial charge in [0.2, 0.25) is 0 Å². The highest BCUT2D eigenvalue weighted by Gasteiger charge is 2.24. The van der Waals surface area contributed by atoms with Crippen molar-refractivity contribution in [3.05, 3.63) is 34.7 Å². The molecule has 1 rings (SSSR count). The fraction of sp³-hybridized carbons (Fsp3) is 0.471. The lowest BCUT2D eigenvalue weighted by molar-refractivity contribution is -0.583. The fourth-order valence-corrected chi connectivity index (χ4v) is 2.84. The van der Waals surface area contributed by atoms with Crippen LogP contribution < -0.4 is 9.67 Å². The van der Waals surface area contributed by atoms with E-state index in [1.54, 1.807) is 26.2 Å². The van der Waals surface area contributed by atoms with E-state index in [-0.39, 0.29) is 30.4 Å². The van der Waals surface area contributed by atoms with E-state index in [1.165, 1.54) is 4.57 Å². The summed E-state index contributed by atoms with van der Waals surface area (Å²) < 4.78 is 11.3. The average Bonchev–Trinajstić information content (AvgIpc) is 2.47. The smallest absolute Gasteiger partial charge is 0.404 e. The Bertz CT molecular complexity index is 607. The first-order chi connectivity index (χ1) is 11.4. The Hall–Kier alpha value is -2.02. The second-order valence-electron chi connectivity index (χ2n) is 5.06. The second-order valence-corrected chi connectivity index (χ2v) is 6.13. The number of hydrogen-bond acceptors (Lipinski definition) is 6. The van der Waals surface area contributed by atoms with E-state index in [2.05, 4.69) is 0 Å². The molecule has 0 saturated heterocycles. The van der Waals surface area contributed by atoms with Crippen LogP contribution >= 0.6 is 11.8 Å². The van der Waals surface area contributed by atoms with Crippen molar-refractivity contribution >= 4 is 29.4 Å². The van der Waals surface area contributed by atoms with Gasteiger partial charge in [-0.1, -0.05) is 0 Å². The molecule has 0 atom stereocenters. The minimum Gasteiger partial charge on any atom is -0.863 e. The highest BCUT2D eigenvalue weighted by atomic mass is 32.2. The van der Waals surface area contributed by atoms with Gasteiger partial charge >= 0.3 is 11.9 Å². The molecule has 1 heterocycles. The molecule has 1 aromatic heterocycles. The predicted octanol–water partition coefficient (Wildman–Crippen LogP) is 1.33. The molecule has 0 unspecified atom stereocenters. The standard InChI is InChI=1S/C17H23NO5S/c1-5-22-14(19)7-8-24-17(21)15(16(20)23-6-2)18-10-12(3)9-13(4)11-18/h9-11H,5-8H2,1-4H3. The summed E-state index contributed by atoms with van der Waals surface area (Å²) >= 11 is 0.901. The summed E-state index contributed by atoms with van der Waals surface area (Å²) in [6.07, 6.45) is 3.50. The number of aromatic nitrogens is 1. The third kappa shape index (κ3) is 6.23. The number of hydrogen-bond donors (Lipinski definition) is 0. The predicted molar refractivity (Wildman–Crippen MR) is 89.7 cm³/mol. The van der Waals surface area contributed by atoms with Crippen molar-refractivity contribution < 1.29 is 28.7 Å². The van der Waals surface area contributed by atoms with Gasteiger partial charge in [-0.2, -0.15) is 4.57 Å². The maximum atomic E-state index is 12.5. The third-order valence-corrected chi connectivity index (χ3v) is 3.77. The van der Waals surface area contributed by atoms with E-state index in [0.29, 0.717) is 6.61 Å². The second kappa shape index (κ2) is 9.97. The van der Waals surface area contributed by atoms with Crippen LogP contribution in [-0.4, -0.2) is 30.9 Å². The Morgan fingerprint density at radius 1 is 1.12 bits per heavy atom. The summed E-state index contributed by atoms with van der Waals surface area (Å²) in [5.41, 5.74) is 1.76. The van der Waals surface area contributed by atoms with Crippen molar-refractivity contribution in [2.24, 2.45) is 0 Å². The van der Waals surface area contributed by atoms with Gasteiger partial charge in [0.15, 0.2) is 12.4 Å². The quantitative estimate of drug-likeness (QED) is 0.304. The molecule has 0 saturated carbocycles. The summed E-state index contributed by atoms with van der Waals surface area (Å²) in [6.45, 7) is 7.64. The molecule has 0 amide bonds. The summed E-state index contributed by atoms with van der Waals surface area (Å²) in [7, 11) is 0. The first-order valence-electron chi connectivity index (χ1n) is 7.75. The maximum Gasteiger partial charge on any atom is 0.404 e. The van der Waals surface area contributed by atoms with Crippen LogP contribution in [0.5, 0.6) is 0 Å². The zero-order valence-corrected chi connectivity index (χ0v) is 15.3. The van der Waals surface area contributed by atoms with E-state index in [0.717, 1.165) is 22.9 Å². The van der Waals surface area contributed by atoms with Crippen LogP contribution in [0.25, 0.3) is 5.70 Å². The van der Waals surface area contributed by atoms with Crippen molar-refractivity contribution in [2.75, 3.05) is 19.0 Å².